The van der Waals surface area contributed by atoms with Crippen molar-refractivity contribution in [2.24, 2.45) is 0 Å². The number of hydrogen-bond donors (Lipinski definition) is 2. The van der Waals surface area contributed by atoms with Gasteiger partial charge in [-0.1, -0.05) is 43.7 Å². The number of aromatic amines is 1. The maximum atomic E-state index is 13.6. The molecule has 0 radical (unpaired) electrons. The van der Waals surface area contributed by atoms with E-state index in [1.54, 1.807) is 0 Å². The fourth-order valence-electron chi connectivity index (χ4n) is 5.19. The molecule has 2 aromatic carbocycles. The Kier molecular flexibility index (Phi) is 10.3. The van der Waals surface area contributed by atoms with Crippen LogP contribution < -0.4 is 15.8 Å². The Morgan fingerprint density at radius 1 is 1.05 bits per heavy atom. The van der Waals surface area contributed by atoms with E-state index in [-0.39, 0.29) is 24.1 Å². The molecule has 39 heavy (non-hydrogen) atoms. The molecule has 6 heteroatoms. The Morgan fingerprint density at radius 3 is 2.33 bits per heavy atom. The minimum Gasteiger partial charge on any atom is -0.371 e. The fraction of sp³-hybridized carbons (Fsp3) is 0.394. The number of nitrogens with one attached hydrogen (secondary N) is 2. The number of rotatable bonds is 12. The van der Waals surface area contributed by atoms with Crippen molar-refractivity contribution in [1.82, 2.24) is 15.2 Å². The zero-order valence-corrected chi connectivity index (χ0v) is 24.6. The summed E-state index contributed by atoms with van der Waals surface area (Å²) in [5, 5.41) is 3.01. The number of anilines is 1. The van der Waals surface area contributed by atoms with E-state index in [2.05, 4.69) is 85.1 Å². The van der Waals surface area contributed by atoms with E-state index >= 15 is 0 Å². The maximum Gasteiger partial charge on any atom is 0.253 e. The molecule has 0 bridgehead atoms. The normalized spacial score (nSPS) is 11.9. The number of carbonyl (C=O) groups is 1. The SMILES string of the molecule is C=CCC(CCC)N(C)c1cc(-c2ccc(CN(C)C)cc2)cc(C(=O)NCc2c(C)cc(C)[nH]c2=O)c1C. The highest BCUT2D eigenvalue weighted by Crippen LogP contribution is 2.33. The van der Waals surface area contributed by atoms with Gasteiger partial charge in [-0.05, 0) is 93.7 Å². The van der Waals surface area contributed by atoms with Crippen LogP contribution >= 0.6 is 0 Å². The first-order chi connectivity index (χ1) is 18.5. The van der Waals surface area contributed by atoms with Crippen LogP contribution in [0, 0.1) is 20.8 Å². The largest absolute Gasteiger partial charge is 0.371 e. The monoisotopic (exact) mass is 528 g/mol. The van der Waals surface area contributed by atoms with Gasteiger partial charge in [0.15, 0.2) is 0 Å². The van der Waals surface area contributed by atoms with Gasteiger partial charge in [0, 0.05) is 48.7 Å². The second kappa shape index (κ2) is 13.4. The molecule has 0 spiro atoms. The third-order valence-electron chi connectivity index (χ3n) is 7.32. The molecule has 208 valence electrons. The Hall–Kier alpha value is -3.64. The molecule has 1 amide bonds. The molecule has 0 saturated carbocycles. The van der Waals surface area contributed by atoms with Gasteiger partial charge in [0.2, 0.25) is 0 Å². The van der Waals surface area contributed by atoms with Crippen molar-refractivity contribution >= 4 is 11.6 Å². The molecule has 1 unspecified atom stereocenters. The van der Waals surface area contributed by atoms with Crippen molar-refractivity contribution in [3.05, 3.63) is 99.0 Å². The van der Waals surface area contributed by atoms with E-state index in [1.807, 2.05) is 39.0 Å². The van der Waals surface area contributed by atoms with Crippen molar-refractivity contribution in [3.63, 3.8) is 0 Å². The lowest BCUT2D eigenvalue weighted by molar-refractivity contribution is 0.0950. The quantitative estimate of drug-likeness (QED) is 0.277. The number of carbonyl (C=O) groups excluding carboxylic acids is 1. The lowest BCUT2D eigenvalue weighted by atomic mass is 9.95. The van der Waals surface area contributed by atoms with Crippen LogP contribution in [0.3, 0.4) is 0 Å². The third-order valence-corrected chi connectivity index (χ3v) is 7.32. The second-order valence-electron chi connectivity index (χ2n) is 10.8. The molecule has 0 aliphatic heterocycles. The zero-order valence-electron chi connectivity index (χ0n) is 24.6. The number of H-pyrrole nitrogens is 1. The minimum absolute atomic E-state index is 0.164. The van der Waals surface area contributed by atoms with Gasteiger partial charge in [0.25, 0.3) is 11.5 Å². The molecule has 0 saturated heterocycles. The lowest BCUT2D eigenvalue weighted by Gasteiger charge is -2.32. The maximum absolute atomic E-state index is 13.6. The van der Waals surface area contributed by atoms with Crippen LogP contribution in [0.15, 0.2) is 59.9 Å². The molecular weight excluding hydrogens is 484 g/mol. The number of hydrogen-bond acceptors (Lipinski definition) is 4. The van der Waals surface area contributed by atoms with Crippen molar-refractivity contribution < 1.29 is 4.79 Å². The van der Waals surface area contributed by atoms with E-state index in [0.717, 1.165) is 59.4 Å². The van der Waals surface area contributed by atoms with E-state index in [4.69, 9.17) is 0 Å². The van der Waals surface area contributed by atoms with Crippen LogP contribution in [0.5, 0.6) is 0 Å². The summed E-state index contributed by atoms with van der Waals surface area (Å²) in [5.74, 6) is -0.191. The molecule has 1 aromatic heterocycles. The summed E-state index contributed by atoms with van der Waals surface area (Å²) in [4.78, 5) is 33.4. The van der Waals surface area contributed by atoms with Gasteiger partial charge in [0.05, 0.1) is 0 Å². The molecule has 1 heterocycles. The zero-order chi connectivity index (χ0) is 28.7. The topological polar surface area (TPSA) is 68.4 Å². The van der Waals surface area contributed by atoms with Crippen molar-refractivity contribution in [2.45, 2.75) is 66.1 Å². The summed E-state index contributed by atoms with van der Waals surface area (Å²) in [6.45, 7) is 13.0. The highest BCUT2D eigenvalue weighted by Gasteiger charge is 2.21. The van der Waals surface area contributed by atoms with Gasteiger partial charge >= 0.3 is 0 Å². The van der Waals surface area contributed by atoms with E-state index < -0.39 is 0 Å². The Balaban J connectivity index is 2.04. The average molecular weight is 529 g/mol. The smallest absolute Gasteiger partial charge is 0.253 e. The van der Waals surface area contributed by atoms with Crippen LogP contribution in [0.2, 0.25) is 0 Å². The van der Waals surface area contributed by atoms with Crippen LogP contribution in [0.4, 0.5) is 5.69 Å². The second-order valence-corrected chi connectivity index (χ2v) is 10.8. The summed E-state index contributed by atoms with van der Waals surface area (Å²) < 4.78 is 0. The Morgan fingerprint density at radius 2 is 1.74 bits per heavy atom. The first kappa shape index (κ1) is 29.9. The van der Waals surface area contributed by atoms with Gasteiger partial charge in [0.1, 0.15) is 0 Å². The fourth-order valence-corrected chi connectivity index (χ4v) is 5.19. The summed E-state index contributed by atoms with van der Waals surface area (Å²) in [7, 11) is 6.22. The number of amides is 1. The molecule has 2 N–H and O–H groups in total. The number of benzene rings is 2. The van der Waals surface area contributed by atoms with E-state index in [0.29, 0.717) is 11.1 Å². The molecule has 0 aliphatic carbocycles. The van der Waals surface area contributed by atoms with Gasteiger partial charge in [-0.3, -0.25) is 9.59 Å². The van der Waals surface area contributed by atoms with Crippen molar-refractivity contribution in [1.29, 1.82) is 0 Å². The summed E-state index contributed by atoms with van der Waals surface area (Å²) in [6.07, 6.45) is 4.92. The number of nitrogens with zero attached hydrogens (tertiary/aromatic N) is 2. The first-order valence-corrected chi connectivity index (χ1v) is 13.8. The van der Waals surface area contributed by atoms with Gasteiger partial charge in [-0.2, -0.15) is 0 Å². The molecular formula is C33H44N4O2. The lowest BCUT2D eigenvalue weighted by Crippen LogP contribution is -2.33. The van der Waals surface area contributed by atoms with Crippen molar-refractivity contribution in [3.8, 4) is 11.1 Å². The van der Waals surface area contributed by atoms with Crippen molar-refractivity contribution in [2.75, 3.05) is 26.0 Å². The highest BCUT2D eigenvalue weighted by atomic mass is 16.1. The minimum atomic E-state index is -0.191. The van der Waals surface area contributed by atoms with Gasteiger partial charge in [-0.25, -0.2) is 0 Å². The molecule has 0 fully saturated rings. The summed E-state index contributed by atoms with van der Waals surface area (Å²) in [5.41, 5.74) is 7.93. The average Bonchev–Trinajstić information content (AvgIpc) is 2.87. The Bertz CT molecular complexity index is 1360. The molecule has 6 nitrogen and oxygen atoms in total. The highest BCUT2D eigenvalue weighted by molar-refractivity contribution is 5.99. The Labute approximate surface area is 233 Å². The number of aryl methyl sites for hydroxylation is 2. The molecule has 1 atom stereocenters. The number of pyridine rings is 1. The van der Waals surface area contributed by atoms with Gasteiger partial charge < -0.3 is 20.1 Å². The van der Waals surface area contributed by atoms with Crippen LogP contribution in [0.1, 0.15) is 64.5 Å². The van der Waals surface area contributed by atoms with Crippen LogP contribution in [0.25, 0.3) is 11.1 Å². The molecule has 3 aromatic rings. The summed E-state index contributed by atoms with van der Waals surface area (Å²) >= 11 is 0. The standard InChI is InChI=1S/C33H44N4O2/c1-9-11-28(12-10-2)37(8)31-19-27(26-15-13-25(14-16-26)21-36(6)7)18-29(24(31)5)32(38)34-20-30-22(3)17-23(4)35-33(30)39/h9,13-19,28H,1,10-12,20-21H2,2-8H3,(H,34,38)(H,35,39). The van der Waals surface area contributed by atoms with E-state index in [1.165, 1.54) is 5.56 Å². The van der Waals surface area contributed by atoms with Gasteiger partial charge in [-0.15, -0.1) is 6.58 Å². The van der Waals surface area contributed by atoms with Crippen LogP contribution in [-0.2, 0) is 13.1 Å². The first-order valence-electron chi connectivity index (χ1n) is 13.8. The predicted molar refractivity (Wildman–Crippen MR) is 164 cm³/mol. The summed E-state index contributed by atoms with van der Waals surface area (Å²) in [6, 6.07) is 14.9. The third kappa shape index (κ3) is 7.48. The van der Waals surface area contributed by atoms with E-state index in [9.17, 15) is 9.59 Å². The molecule has 3 rings (SSSR count). The number of aromatic nitrogens is 1. The predicted octanol–water partition coefficient (Wildman–Crippen LogP) is 6.14. The molecule has 0 aliphatic rings. The van der Waals surface area contributed by atoms with Crippen LogP contribution in [-0.4, -0.2) is 43.0 Å².